The Hall–Kier alpha value is -1.98. The second-order valence-electron chi connectivity index (χ2n) is 4.94. The highest BCUT2D eigenvalue weighted by molar-refractivity contribution is 6.30. The van der Waals surface area contributed by atoms with Gasteiger partial charge in [0, 0.05) is 5.02 Å². The number of nitriles is 1. The molecule has 0 fully saturated rings. The average Bonchev–Trinajstić information content (AvgIpc) is 2.53. The second kappa shape index (κ2) is 7.15. The lowest BCUT2D eigenvalue weighted by atomic mass is 9.92. The highest BCUT2D eigenvalue weighted by Gasteiger charge is 2.13. The number of rotatable bonds is 5. The molecule has 108 valence electrons. The van der Waals surface area contributed by atoms with Gasteiger partial charge in [-0.05, 0) is 47.7 Å². The summed E-state index contributed by atoms with van der Waals surface area (Å²) in [5, 5.41) is 10.1. The van der Waals surface area contributed by atoms with Gasteiger partial charge in [-0.15, -0.1) is 0 Å². The van der Waals surface area contributed by atoms with Crippen molar-refractivity contribution in [2.24, 2.45) is 0 Å². The van der Waals surface area contributed by atoms with Gasteiger partial charge in [-0.1, -0.05) is 42.8 Å². The van der Waals surface area contributed by atoms with Gasteiger partial charge in [0.25, 0.3) is 0 Å². The maximum absolute atomic E-state index is 9.43. The molecule has 0 aliphatic heterocycles. The normalized spacial score (nSPS) is 11.7. The van der Waals surface area contributed by atoms with Crippen molar-refractivity contribution in [3.05, 3.63) is 64.2 Å². The van der Waals surface area contributed by atoms with Crippen LogP contribution in [0.5, 0.6) is 5.75 Å². The van der Waals surface area contributed by atoms with E-state index in [4.69, 9.17) is 16.3 Å². The first kappa shape index (κ1) is 15.4. The van der Waals surface area contributed by atoms with E-state index >= 15 is 0 Å². The lowest BCUT2D eigenvalue weighted by molar-refractivity contribution is 0.410. The molecule has 0 saturated carbocycles. The van der Waals surface area contributed by atoms with E-state index in [9.17, 15) is 5.26 Å². The number of methoxy groups -OCH3 is 1. The Kier molecular flexibility index (Phi) is 5.25. The van der Waals surface area contributed by atoms with Gasteiger partial charge in [0.05, 0.1) is 19.1 Å². The highest BCUT2D eigenvalue weighted by Crippen LogP contribution is 2.26. The quantitative estimate of drug-likeness (QED) is 0.797. The maximum atomic E-state index is 9.43. The molecule has 0 N–H and O–H groups in total. The van der Waals surface area contributed by atoms with Gasteiger partial charge in [0.15, 0.2) is 0 Å². The summed E-state index contributed by atoms with van der Waals surface area (Å²) in [5.41, 5.74) is 3.31. The average molecular weight is 300 g/mol. The number of benzene rings is 2. The molecule has 0 aliphatic rings. The number of halogens is 1. The molecule has 3 heteroatoms. The minimum absolute atomic E-state index is 0.166. The molecule has 0 saturated heterocycles. The van der Waals surface area contributed by atoms with Crippen molar-refractivity contribution in [3.8, 4) is 11.8 Å². The molecular weight excluding hydrogens is 282 g/mol. The van der Waals surface area contributed by atoms with E-state index in [-0.39, 0.29) is 5.92 Å². The summed E-state index contributed by atoms with van der Waals surface area (Å²) in [6.45, 7) is 2.10. The molecule has 1 unspecified atom stereocenters. The van der Waals surface area contributed by atoms with Crippen LogP contribution in [0.2, 0.25) is 5.02 Å². The summed E-state index contributed by atoms with van der Waals surface area (Å²) in [4.78, 5) is 0. The van der Waals surface area contributed by atoms with Gasteiger partial charge in [-0.25, -0.2) is 0 Å². The first-order valence-corrected chi connectivity index (χ1v) is 7.36. The van der Waals surface area contributed by atoms with E-state index in [0.29, 0.717) is 11.4 Å². The first-order valence-electron chi connectivity index (χ1n) is 6.98. The third-order valence-electron chi connectivity index (χ3n) is 3.59. The van der Waals surface area contributed by atoms with Crippen LogP contribution >= 0.6 is 11.6 Å². The van der Waals surface area contributed by atoms with Crippen molar-refractivity contribution in [3.63, 3.8) is 0 Å². The predicted octanol–water partition coefficient (Wildman–Crippen LogP) is 4.76. The van der Waals surface area contributed by atoms with Gasteiger partial charge in [0.2, 0.25) is 0 Å². The Bertz CT molecular complexity index is 643. The van der Waals surface area contributed by atoms with Crippen LogP contribution in [0.3, 0.4) is 0 Å². The summed E-state index contributed by atoms with van der Waals surface area (Å²) >= 11 is 5.90. The number of hydrogen-bond acceptors (Lipinski definition) is 2. The second-order valence-corrected chi connectivity index (χ2v) is 5.37. The molecule has 2 rings (SSSR count). The Labute approximate surface area is 130 Å². The molecule has 2 nitrogen and oxygen atoms in total. The van der Waals surface area contributed by atoms with Crippen molar-refractivity contribution >= 4 is 11.6 Å². The Morgan fingerprint density at radius 2 is 1.90 bits per heavy atom. The molecule has 0 aromatic heterocycles. The zero-order valence-electron chi connectivity index (χ0n) is 12.3. The van der Waals surface area contributed by atoms with Gasteiger partial charge in [-0.2, -0.15) is 5.26 Å². The molecule has 1 atom stereocenters. The van der Waals surface area contributed by atoms with Crippen molar-refractivity contribution < 1.29 is 4.74 Å². The largest absolute Gasteiger partial charge is 0.496 e. The SMILES string of the molecule is CCc1cc(CC(C#N)c2ccc(Cl)cc2)ccc1OC. The molecule has 21 heavy (non-hydrogen) atoms. The van der Waals surface area contributed by atoms with Crippen LogP contribution in [0, 0.1) is 11.3 Å². The topological polar surface area (TPSA) is 33.0 Å². The molecule has 0 aliphatic carbocycles. The van der Waals surface area contributed by atoms with E-state index in [1.54, 1.807) is 7.11 Å². The van der Waals surface area contributed by atoms with Gasteiger partial charge < -0.3 is 4.74 Å². The Morgan fingerprint density at radius 1 is 1.19 bits per heavy atom. The molecule has 2 aromatic carbocycles. The molecular formula is C18H18ClNO. The fraction of sp³-hybridized carbons (Fsp3) is 0.278. The van der Waals surface area contributed by atoms with Crippen molar-refractivity contribution in [1.82, 2.24) is 0 Å². The fourth-order valence-electron chi connectivity index (χ4n) is 2.40. The summed E-state index contributed by atoms with van der Waals surface area (Å²) in [7, 11) is 1.68. The zero-order valence-corrected chi connectivity index (χ0v) is 13.0. The standard InChI is InChI=1S/C18H18ClNO/c1-3-14-10-13(4-9-18(14)21-2)11-16(12-20)15-5-7-17(19)8-6-15/h4-10,16H,3,11H2,1-2H3. The van der Waals surface area contributed by atoms with Crippen molar-refractivity contribution in [2.75, 3.05) is 7.11 Å². The van der Waals surface area contributed by atoms with Crippen LogP contribution in [0.4, 0.5) is 0 Å². The van der Waals surface area contributed by atoms with E-state index in [0.717, 1.165) is 23.3 Å². The first-order chi connectivity index (χ1) is 10.2. The Morgan fingerprint density at radius 3 is 2.48 bits per heavy atom. The van der Waals surface area contributed by atoms with E-state index in [2.05, 4.69) is 19.1 Å². The molecule has 0 spiro atoms. The number of nitrogens with zero attached hydrogens (tertiary/aromatic N) is 1. The Balaban J connectivity index is 2.23. The van der Waals surface area contributed by atoms with Gasteiger partial charge in [-0.3, -0.25) is 0 Å². The van der Waals surface area contributed by atoms with Crippen LogP contribution in [0.25, 0.3) is 0 Å². The van der Waals surface area contributed by atoms with Crippen LogP contribution in [-0.4, -0.2) is 7.11 Å². The molecule has 2 aromatic rings. The maximum Gasteiger partial charge on any atom is 0.122 e. The van der Waals surface area contributed by atoms with Crippen LogP contribution in [0.15, 0.2) is 42.5 Å². The monoisotopic (exact) mass is 299 g/mol. The van der Waals surface area contributed by atoms with E-state index < -0.39 is 0 Å². The number of ether oxygens (including phenoxy) is 1. The lowest BCUT2D eigenvalue weighted by Gasteiger charge is -2.12. The van der Waals surface area contributed by atoms with E-state index in [1.165, 1.54) is 5.56 Å². The summed E-state index contributed by atoms with van der Waals surface area (Å²) in [5.74, 6) is 0.738. The molecule has 0 radical (unpaired) electrons. The summed E-state index contributed by atoms with van der Waals surface area (Å²) < 4.78 is 5.34. The van der Waals surface area contributed by atoms with Crippen LogP contribution in [0.1, 0.15) is 29.5 Å². The fourth-order valence-corrected chi connectivity index (χ4v) is 2.53. The van der Waals surface area contributed by atoms with Crippen LogP contribution < -0.4 is 4.74 Å². The van der Waals surface area contributed by atoms with Crippen molar-refractivity contribution in [2.45, 2.75) is 25.7 Å². The smallest absolute Gasteiger partial charge is 0.122 e. The van der Waals surface area contributed by atoms with E-state index in [1.807, 2.05) is 36.4 Å². The highest BCUT2D eigenvalue weighted by atomic mass is 35.5. The molecule has 0 bridgehead atoms. The number of hydrogen-bond donors (Lipinski definition) is 0. The third kappa shape index (κ3) is 3.77. The minimum atomic E-state index is -0.166. The predicted molar refractivity (Wildman–Crippen MR) is 85.9 cm³/mol. The third-order valence-corrected chi connectivity index (χ3v) is 3.85. The summed E-state index contributed by atoms with van der Waals surface area (Å²) in [6, 6.07) is 16.0. The molecule has 0 amide bonds. The lowest BCUT2D eigenvalue weighted by Crippen LogP contribution is -2.01. The van der Waals surface area contributed by atoms with Gasteiger partial charge in [0.1, 0.15) is 5.75 Å². The van der Waals surface area contributed by atoms with Crippen molar-refractivity contribution in [1.29, 1.82) is 5.26 Å². The molecule has 0 heterocycles. The summed E-state index contributed by atoms with van der Waals surface area (Å²) in [6.07, 6.45) is 1.60. The minimum Gasteiger partial charge on any atom is -0.496 e. The van der Waals surface area contributed by atoms with Gasteiger partial charge >= 0.3 is 0 Å². The van der Waals surface area contributed by atoms with Crippen LogP contribution in [-0.2, 0) is 12.8 Å². The zero-order chi connectivity index (χ0) is 15.2. The number of aryl methyl sites for hydroxylation is 1.